The first-order valence-corrected chi connectivity index (χ1v) is 6.71. The van der Waals surface area contributed by atoms with Crippen molar-refractivity contribution in [2.75, 3.05) is 6.54 Å². The molecule has 0 bridgehead atoms. The molecule has 1 fully saturated rings. The molecule has 0 spiro atoms. The van der Waals surface area contributed by atoms with Crippen LogP contribution in [0, 0.1) is 5.92 Å². The first-order valence-electron chi connectivity index (χ1n) is 6.71. The van der Waals surface area contributed by atoms with Crippen molar-refractivity contribution >= 4 is 12.1 Å². The van der Waals surface area contributed by atoms with Crippen molar-refractivity contribution in [2.45, 2.75) is 58.9 Å². The molecule has 1 aliphatic heterocycles. The van der Waals surface area contributed by atoms with Crippen LogP contribution in [0.5, 0.6) is 0 Å². The molecule has 0 saturated carbocycles. The molecule has 0 unspecified atom stereocenters. The minimum Gasteiger partial charge on any atom is -0.480 e. The van der Waals surface area contributed by atoms with E-state index in [4.69, 9.17) is 9.84 Å². The molecule has 0 radical (unpaired) electrons. The Kier molecular flexibility index (Phi) is 6.51. The average Bonchev–Trinajstić information content (AvgIpc) is 2.73. The van der Waals surface area contributed by atoms with Gasteiger partial charge in [0.2, 0.25) is 0 Å². The topological polar surface area (TPSA) is 66.8 Å². The van der Waals surface area contributed by atoms with E-state index in [0.29, 0.717) is 4.90 Å². The van der Waals surface area contributed by atoms with E-state index in [1.165, 1.54) is 0 Å². The van der Waals surface area contributed by atoms with Gasteiger partial charge in [-0.2, -0.15) is 13.2 Å². The van der Waals surface area contributed by atoms with Gasteiger partial charge in [-0.3, -0.25) is 4.90 Å². The molecule has 1 saturated heterocycles. The molecular formula is C13H22F3NO4. The van der Waals surface area contributed by atoms with Crippen molar-refractivity contribution < 1.29 is 32.6 Å². The minimum absolute atomic E-state index is 0.631. The highest BCUT2D eigenvalue weighted by Crippen LogP contribution is 2.37. The van der Waals surface area contributed by atoms with E-state index in [0.717, 1.165) is 0 Å². The Morgan fingerprint density at radius 1 is 1.19 bits per heavy atom. The van der Waals surface area contributed by atoms with Gasteiger partial charge in [-0.05, 0) is 27.2 Å². The normalized spacial score (nSPS) is 22.4. The van der Waals surface area contributed by atoms with Gasteiger partial charge in [-0.25, -0.2) is 9.59 Å². The van der Waals surface area contributed by atoms with Gasteiger partial charge in [0.05, 0.1) is 5.92 Å². The van der Waals surface area contributed by atoms with Crippen molar-refractivity contribution in [1.29, 1.82) is 0 Å². The van der Waals surface area contributed by atoms with Gasteiger partial charge < -0.3 is 9.84 Å². The van der Waals surface area contributed by atoms with Crippen molar-refractivity contribution in [3.05, 3.63) is 0 Å². The minimum atomic E-state index is -4.52. The molecule has 1 aliphatic rings. The number of rotatable bonds is 1. The number of nitrogens with zero attached hydrogens (tertiary/aromatic N) is 1. The summed E-state index contributed by atoms with van der Waals surface area (Å²) in [6.45, 7) is 7.98. The zero-order valence-electron chi connectivity index (χ0n) is 12.8. The molecule has 0 aromatic rings. The van der Waals surface area contributed by atoms with Gasteiger partial charge in [0.15, 0.2) is 0 Å². The van der Waals surface area contributed by atoms with E-state index in [-0.39, 0.29) is 0 Å². The summed E-state index contributed by atoms with van der Waals surface area (Å²) in [4.78, 5) is 23.3. The van der Waals surface area contributed by atoms with Gasteiger partial charge in [0, 0.05) is 6.54 Å². The monoisotopic (exact) mass is 313 g/mol. The van der Waals surface area contributed by atoms with Crippen LogP contribution in [0.4, 0.5) is 18.0 Å². The first-order chi connectivity index (χ1) is 9.42. The number of carbonyl (C=O) groups excluding carboxylic acids is 1. The zero-order valence-corrected chi connectivity index (χ0v) is 12.8. The Morgan fingerprint density at radius 3 is 2.00 bits per heavy atom. The third-order valence-corrected chi connectivity index (χ3v) is 2.68. The molecule has 124 valence electrons. The summed E-state index contributed by atoms with van der Waals surface area (Å²) in [5, 5.41) is 8.90. The summed E-state index contributed by atoms with van der Waals surface area (Å²) in [5.41, 5.74) is -0.892. The molecule has 1 rings (SSSR count). The molecule has 0 aromatic heterocycles. The Morgan fingerprint density at radius 2 is 1.67 bits per heavy atom. The lowest BCUT2D eigenvalue weighted by Gasteiger charge is -2.26. The summed E-state index contributed by atoms with van der Waals surface area (Å²) in [7, 11) is 0. The number of likely N-dealkylation sites (tertiary alicyclic amines) is 1. The Balaban J connectivity index is 0.00000191. The molecule has 0 aliphatic carbocycles. The molecule has 1 heterocycles. The fourth-order valence-corrected chi connectivity index (χ4v) is 1.83. The molecule has 21 heavy (non-hydrogen) atoms. The highest BCUT2D eigenvalue weighted by atomic mass is 19.4. The molecular weight excluding hydrogens is 291 g/mol. The summed E-state index contributed by atoms with van der Waals surface area (Å²) >= 11 is 0. The lowest BCUT2D eigenvalue weighted by Crippen LogP contribution is -2.43. The van der Waals surface area contributed by atoms with Crippen molar-refractivity contribution in [3.63, 3.8) is 0 Å². The van der Waals surface area contributed by atoms with Crippen molar-refractivity contribution in [1.82, 2.24) is 4.90 Å². The number of amides is 1. The second-order valence-electron chi connectivity index (χ2n) is 5.46. The van der Waals surface area contributed by atoms with Crippen LogP contribution in [0.1, 0.15) is 41.0 Å². The Labute approximate surface area is 122 Å². The zero-order chi connectivity index (χ0) is 17.0. The quantitative estimate of drug-likeness (QED) is 0.806. The number of carboxylic acids is 1. The van der Waals surface area contributed by atoms with Crippen LogP contribution in [-0.2, 0) is 9.53 Å². The largest absolute Gasteiger partial charge is 0.480 e. The predicted octanol–water partition coefficient (Wildman–Crippen LogP) is 3.29. The van der Waals surface area contributed by atoms with Gasteiger partial charge in [0.1, 0.15) is 11.6 Å². The molecule has 8 heteroatoms. The lowest BCUT2D eigenvalue weighted by molar-refractivity contribution is -0.170. The van der Waals surface area contributed by atoms with Crippen LogP contribution in [0.3, 0.4) is 0 Å². The number of hydrogen-bond acceptors (Lipinski definition) is 3. The standard InChI is InChI=1S/C11H16F3NO4.C2H6/c1-10(2,3)19-9(18)15-5-6(11(12,13)14)4-7(15)8(16)17;1-2/h6-7H,4-5H2,1-3H3,(H,16,17);1-2H3/t6-,7+;/m1./s1. The molecule has 2 atom stereocenters. The second-order valence-corrected chi connectivity index (χ2v) is 5.46. The molecule has 1 N–H and O–H groups in total. The first kappa shape index (κ1) is 19.5. The van der Waals surface area contributed by atoms with Crippen molar-refractivity contribution in [3.8, 4) is 0 Å². The number of carboxylic acid groups (broad SMARTS) is 1. The van der Waals surface area contributed by atoms with E-state index in [9.17, 15) is 22.8 Å². The molecule has 0 aromatic carbocycles. The van der Waals surface area contributed by atoms with Crippen LogP contribution in [0.15, 0.2) is 0 Å². The maximum atomic E-state index is 12.6. The molecule has 1 amide bonds. The average molecular weight is 313 g/mol. The number of alkyl halides is 3. The fourth-order valence-electron chi connectivity index (χ4n) is 1.83. The summed E-state index contributed by atoms with van der Waals surface area (Å²) in [6.07, 6.45) is -6.20. The fraction of sp³-hybridized carbons (Fsp3) is 0.846. The maximum Gasteiger partial charge on any atom is 0.411 e. The Hall–Kier alpha value is -1.47. The van der Waals surface area contributed by atoms with E-state index in [2.05, 4.69) is 0 Å². The van der Waals surface area contributed by atoms with Crippen molar-refractivity contribution in [2.24, 2.45) is 5.92 Å². The SMILES string of the molecule is CC.CC(C)(C)OC(=O)N1C[C@H](C(F)(F)F)C[C@H]1C(=O)O. The van der Waals surface area contributed by atoms with Crippen LogP contribution in [0.2, 0.25) is 0 Å². The highest BCUT2D eigenvalue weighted by molar-refractivity contribution is 5.81. The van der Waals surface area contributed by atoms with Crippen LogP contribution < -0.4 is 0 Å². The second kappa shape index (κ2) is 7.00. The summed E-state index contributed by atoms with van der Waals surface area (Å²) in [6, 6.07) is -1.50. The van der Waals surface area contributed by atoms with Crippen LogP contribution >= 0.6 is 0 Å². The van der Waals surface area contributed by atoms with E-state index < -0.39 is 48.8 Å². The number of carbonyl (C=O) groups is 2. The summed E-state index contributed by atoms with van der Waals surface area (Å²) in [5.74, 6) is -3.29. The van der Waals surface area contributed by atoms with E-state index >= 15 is 0 Å². The number of aliphatic carboxylic acids is 1. The van der Waals surface area contributed by atoms with Crippen LogP contribution in [-0.4, -0.2) is 46.4 Å². The van der Waals surface area contributed by atoms with Crippen LogP contribution in [0.25, 0.3) is 0 Å². The Bertz CT molecular complexity index is 377. The smallest absolute Gasteiger partial charge is 0.411 e. The van der Waals surface area contributed by atoms with Gasteiger partial charge >= 0.3 is 18.2 Å². The highest BCUT2D eigenvalue weighted by Gasteiger charge is 2.51. The lowest BCUT2D eigenvalue weighted by atomic mass is 10.1. The third kappa shape index (κ3) is 5.81. The number of ether oxygens (including phenoxy) is 1. The number of hydrogen-bond donors (Lipinski definition) is 1. The number of halogens is 3. The van der Waals surface area contributed by atoms with Gasteiger partial charge in [-0.15, -0.1) is 0 Å². The van der Waals surface area contributed by atoms with Gasteiger partial charge in [0.25, 0.3) is 0 Å². The summed E-state index contributed by atoms with van der Waals surface area (Å²) < 4.78 is 42.7. The van der Waals surface area contributed by atoms with E-state index in [1.807, 2.05) is 13.8 Å². The third-order valence-electron chi connectivity index (χ3n) is 2.68. The maximum absolute atomic E-state index is 12.6. The predicted molar refractivity (Wildman–Crippen MR) is 69.9 cm³/mol. The van der Waals surface area contributed by atoms with E-state index in [1.54, 1.807) is 20.8 Å². The molecule has 5 nitrogen and oxygen atoms in total. The van der Waals surface area contributed by atoms with Gasteiger partial charge in [-0.1, -0.05) is 13.8 Å².